The van der Waals surface area contributed by atoms with E-state index in [0.29, 0.717) is 5.56 Å². The number of hydrogen-bond donors (Lipinski definition) is 2. The first kappa shape index (κ1) is 13.9. The van der Waals surface area contributed by atoms with E-state index in [-0.39, 0.29) is 11.4 Å². The third-order valence-corrected chi connectivity index (χ3v) is 2.42. The van der Waals surface area contributed by atoms with Gasteiger partial charge < -0.3 is 15.2 Å². The van der Waals surface area contributed by atoms with E-state index in [1.54, 1.807) is 13.0 Å². The molecule has 1 amide bonds. The maximum absolute atomic E-state index is 11.0. The Bertz CT molecular complexity index is 461. The minimum Gasteiger partial charge on any atom is -0.490 e. The van der Waals surface area contributed by atoms with Crippen molar-refractivity contribution in [1.82, 2.24) is 5.32 Å². The maximum atomic E-state index is 11.0. The van der Waals surface area contributed by atoms with Crippen molar-refractivity contribution in [2.24, 2.45) is 0 Å². The Balaban J connectivity index is 3.00. The molecule has 0 radical (unpaired) electrons. The first-order chi connectivity index (χ1) is 8.49. The van der Waals surface area contributed by atoms with E-state index < -0.39 is 23.5 Å². The van der Waals surface area contributed by atoms with Crippen LogP contribution in [0.2, 0.25) is 0 Å². The molecule has 0 aliphatic rings. The number of nitrogens with zero attached hydrogens (tertiary/aromatic N) is 1. The van der Waals surface area contributed by atoms with E-state index >= 15 is 0 Å². The number of carbonyl (C=O) groups excluding carboxylic acids is 1. The van der Waals surface area contributed by atoms with Gasteiger partial charge in [-0.3, -0.25) is 14.9 Å². The summed E-state index contributed by atoms with van der Waals surface area (Å²) in [6.45, 7) is 1.04. The summed E-state index contributed by atoms with van der Waals surface area (Å²) in [5.41, 5.74) is 0.393. The van der Waals surface area contributed by atoms with Crippen LogP contribution in [0.15, 0.2) is 18.2 Å². The van der Waals surface area contributed by atoms with Gasteiger partial charge in [0, 0.05) is 6.07 Å². The Labute approximate surface area is 104 Å². The Kier molecular flexibility index (Phi) is 4.61. The largest absolute Gasteiger partial charge is 0.490 e. The molecule has 18 heavy (non-hydrogen) atoms. The molecule has 2 N–H and O–H groups in total. The summed E-state index contributed by atoms with van der Waals surface area (Å²) in [6.07, 6.45) is 0. The van der Waals surface area contributed by atoms with Crippen molar-refractivity contribution >= 4 is 11.6 Å². The van der Waals surface area contributed by atoms with Gasteiger partial charge in [0.25, 0.3) is 0 Å². The molecule has 1 unspecified atom stereocenters. The zero-order chi connectivity index (χ0) is 13.7. The van der Waals surface area contributed by atoms with Gasteiger partial charge in [0.15, 0.2) is 5.75 Å². The van der Waals surface area contributed by atoms with Crippen molar-refractivity contribution in [3.8, 4) is 5.75 Å². The summed E-state index contributed by atoms with van der Waals surface area (Å²) in [4.78, 5) is 21.3. The fourth-order valence-electron chi connectivity index (χ4n) is 1.49. The second-order valence-electron chi connectivity index (χ2n) is 3.64. The van der Waals surface area contributed by atoms with E-state index in [9.17, 15) is 14.9 Å². The predicted octanol–water partition coefficient (Wildman–Crippen LogP) is 0.773. The summed E-state index contributed by atoms with van der Waals surface area (Å²) in [7, 11) is 1.35. The Morgan fingerprint density at radius 2 is 2.28 bits per heavy atom. The van der Waals surface area contributed by atoms with Crippen LogP contribution in [0.5, 0.6) is 5.75 Å². The van der Waals surface area contributed by atoms with Crippen molar-refractivity contribution in [2.75, 3.05) is 13.7 Å². The van der Waals surface area contributed by atoms with Gasteiger partial charge in [-0.1, -0.05) is 6.07 Å². The van der Waals surface area contributed by atoms with Crippen molar-refractivity contribution in [3.63, 3.8) is 0 Å². The number of benzene rings is 1. The van der Waals surface area contributed by atoms with E-state index in [1.165, 1.54) is 19.2 Å². The molecule has 0 bridgehead atoms. The molecule has 1 aromatic carbocycles. The van der Waals surface area contributed by atoms with Crippen LogP contribution >= 0.6 is 0 Å². The number of aliphatic hydroxyl groups is 1. The summed E-state index contributed by atoms with van der Waals surface area (Å²) < 4.78 is 4.87. The summed E-state index contributed by atoms with van der Waals surface area (Å²) in [6, 6.07) is 3.99. The number of aliphatic hydroxyl groups excluding tert-OH is 1. The van der Waals surface area contributed by atoms with Gasteiger partial charge in [-0.25, -0.2) is 0 Å². The normalized spacial score (nSPS) is 11.7. The molecule has 0 saturated carbocycles. The van der Waals surface area contributed by atoms with Crippen LogP contribution in [0.25, 0.3) is 0 Å². The summed E-state index contributed by atoms with van der Waals surface area (Å²) in [5, 5.41) is 21.9. The molecule has 1 rings (SSSR count). The lowest BCUT2D eigenvalue weighted by atomic mass is 10.1. The smallest absolute Gasteiger partial charge is 0.311 e. The molecule has 1 atom stereocenters. The number of ether oxygens (including phenoxy) is 1. The molecule has 7 nitrogen and oxygen atoms in total. The lowest BCUT2D eigenvalue weighted by Gasteiger charge is -2.14. The molecule has 0 aromatic heterocycles. The lowest BCUT2D eigenvalue weighted by molar-refractivity contribution is -0.385. The van der Waals surface area contributed by atoms with Gasteiger partial charge in [-0.05, 0) is 18.6 Å². The lowest BCUT2D eigenvalue weighted by Crippen LogP contribution is -2.29. The van der Waals surface area contributed by atoms with Crippen LogP contribution in [-0.2, 0) is 4.79 Å². The maximum Gasteiger partial charge on any atom is 0.311 e. The zero-order valence-corrected chi connectivity index (χ0v) is 10.0. The average Bonchev–Trinajstić information content (AvgIpc) is 2.37. The van der Waals surface area contributed by atoms with E-state index in [4.69, 9.17) is 9.84 Å². The fourth-order valence-corrected chi connectivity index (χ4v) is 1.49. The first-order valence-corrected chi connectivity index (χ1v) is 5.22. The average molecular weight is 254 g/mol. The quantitative estimate of drug-likeness (QED) is 0.597. The SMILES string of the molecule is COc1ccc(C(C)NC(=O)CO)cc1[N+](=O)[O-]. The number of amides is 1. The number of nitrogens with one attached hydrogen (secondary N) is 1. The van der Waals surface area contributed by atoms with Gasteiger partial charge >= 0.3 is 5.69 Å². The van der Waals surface area contributed by atoms with Crippen LogP contribution in [-0.4, -0.2) is 29.7 Å². The van der Waals surface area contributed by atoms with Crippen LogP contribution < -0.4 is 10.1 Å². The number of hydrogen-bond acceptors (Lipinski definition) is 5. The molecule has 0 aliphatic carbocycles. The highest BCUT2D eigenvalue weighted by molar-refractivity contribution is 5.77. The molecule has 0 aliphatic heterocycles. The van der Waals surface area contributed by atoms with Crippen molar-refractivity contribution < 1.29 is 19.6 Å². The van der Waals surface area contributed by atoms with Crippen molar-refractivity contribution in [3.05, 3.63) is 33.9 Å². The van der Waals surface area contributed by atoms with Crippen LogP contribution in [0.1, 0.15) is 18.5 Å². The van der Waals surface area contributed by atoms with Crippen LogP contribution in [0.4, 0.5) is 5.69 Å². The fraction of sp³-hybridized carbons (Fsp3) is 0.364. The Morgan fingerprint density at radius 1 is 1.61 bits per heavy atom. The summed E-state index contributed by atoms with van der Waals surface area (Å²) in [5.74, 6) is -0.384. The molecule has 0 fully saturated rings. The molecular formula is C11H14N2O5. The van der Waals surface area contributed by atoms with Gasteiger partial charge in [0.05, 0.1) is 18.1 Å². The van der Waals surface area contributed by atoms with Gasteiger partial charge in [0.1, 0.15) is 6.61 Å². The van der Waals surface area contributed by atoms with Crippen molar-refractivity contribution in [1.29, 1.82) is 0 Å². The first-order valence-electron chi connectivity index (χ1n) is 5.22. The minimum absolute atomic E-state index is 0.157. The molecule has 0 saturated heterocycles. The number of carbonyl (C=O) groups is 1. The number of methoxy groups -OCH3 is 1. The summed E-state index contributed by atoms with van der Waals surface area (Å²) >= 11 is 0. The van der Waals surface area contributed by atoms with E-state index in [1.807, 2.05) is 0 Å². The van der Waals surface area contributed by atoms with Gasteiger partial charge in [0.2, 0.25) is 5.91 Å². The molecule has 98 valence electrons. The highest BCUT2D eigenvalue weighted by atomic mass is 16.6. The van der Waals surface area contributed by atoms with Crippen LogP contribution in [0.3, 0.4) is 0 Å². The molecule has 7 heteroatoms. The van der Waals surface area contributed by atoms with E-state index in [2.05, 4.69) is 5.32 Å². The number of rotatable bonds is 5. The highest BCUT2D eigenvalue weighted by Gasteiger charge is 2.18. The molecular weight excluding hydrogens is 240 g/mol. The molecule has 1 aromatic rings. The predicted molar refractivity (Wildman–Crippen MR) is 63.3 cm³/mol. The zero-order valence-electron chi connectivity index (χ0n) is 10.0. The van der Waals surface area contributed by atoms with Gasteiger partial charge in [-0.15, -0.1) is 0 Å². The number of nitro benzene ring substituents is 1. The number of nitro groups is 1. The third-order valence-electron chi connectivity index (χ3n) is 2.42. The van der Waals surface area contributed by atoms with Crippen LogP contribution in [0, 0.1) is 10.1 Å². The Hall–Kier alpha value is -2.15. The highest BCUT2D eigenvalue weighted by Crippen LogP contribution is 2.29. The second-order valence-corrected chi connectivity index (χ2v) is 3.64. The standard InChI is InChI=1S/C11H14N2O5/c1-7(12-11(15)6-14)8-3-4-10(18-2)9(5-8)13(16)17/h3-5,7,14H,6H2,1-2H3,(H,12,15). The van der Waals surface area contributed by atoms with Crippen molar-refractivity contribution in [2.45, 2.75) is 13.0 Å². The second kappa shape index (κ2) is 5.97. The van der Waals surface area contributed by atoms with Gasteiger partial charge in [-0.2, -0.15) is 0 Å². The topological polar surface area (TPSA) is 102 Å². The third kappa shape index (κ3) is 3.17. The Morgan fingerprint density at radius 3 is 2.78 bits per heavy atom. The minimum atomic E-state index is -0.622. The molecule has 0 spiro atoms. The van der Waals surface area contributed by atoms with E-state index in [0.717, 1.165) is 0 Å². The molecule has 0 heterocycles. The monoisotopic (exact) mass is 254 g/mol.